The van der Waals surface area contributed by atoms with Crippen molar-refractivity contribution in [3.63, 3.8) is 0 Å². The normalized spacial score (nSPS) is 17.9. The molecule has 1 aliphatic carbocycles. The Morgan fingerprint density at radius 1 is 1.60 bits per heavy atom. The second-order valence-electron chi connectivity index (χ2n) is 4.49. The zero-order valence-corrected chi connectivity index (χ0v) is 9.83. The Morgan fingerprint density at radius 3 is 2.73 bits per heavy atom. The van der Waals surface area contributed by atoms with E-state index in [1.54, 1.807) is 0 Å². The van der Waals surface area contributed by atoms with Crippen molar-refractivity contribution in [1.29, 1.82) is 0 Å². The second kappa shape index (κ2) is 6.08. The molecule has 0 aromatic rings. The lowest BCUT2D eigenvalue weighted by molar-refractivity contribution is -0.121. The third kappa shape index (κ3) is 4.62. The van der Waals surface area contributed by atoms with Gasteiger partial charge in [-0.3, -0.25) is 10.2 Å². The van der Waals surface area contributed by atoms with E-state index in [-0.39, 0.29) is 5.91 Å². The van der Waals surface area contributed by atoms with Gasteiger partial charge in [0.15, 0.2) is 0 Å². The van der Waals surface area contributed by atoms with Gasteiger partial charge in [0.1, 0.15) is 0 Å². The van der Waals surface area contributed by atoms with Crippen molar-refractivity contribution in [2.24, 2.45) is 11.8 Å². The molecule has 1 amide bonds. The lowest BCUT2D eigenvalue weighted by Crippen LogP contribution is -2.36. The van der Waals surface area contributed by atoms with Crippen LogP contribution in [-0.2, 0) is 4.79 Å². The van der Waals surface area contributed by atoms with Crippen LogP contribution in [0.25, 0.3) is 0 Å². The Kier molecular flexibility index (Phi) is 5.05. The molecule has 3 N–H and O–H groups in total. The summed E-state index contributed by atoms with van der Waals surface area (Å²) in [5.74, 6) is 5.89. The van der Waals surface area contributed by atoms with Crippen LogP contribution in [0.2, 0.25) is 0 Å². The van der Waals surface area contributed by atoms with Crippen LogP contribution < -0.4 is 11.3 Å². The van der Waals surface area contributed by atoms with Crippen molar-refractivity contribution in [1.82, 2.24) is 10.3 Å². The number of rotatable bonds is 7. The summed E-state index contributed by atoms with van der Waals surface area (Å²) in [5, 5.41) is 0. The number of hydrogen-bond donors (Lipinski definition) is 2. The van der Waals surface area contributed by atoms with E-state index >= 15 is 0 Å². The third-order valence-corrected chi connectivity index (χ3v) is 3.17. The zero-order valence-electron chi connectivity index (χ0n) is 9.83. The first-order valence-electron chi connectivity index (χ1n) is 5.90. The molecule has 1 rings (SSSR count). The standard InChI is InChI=1S/C11H23N3O/c1-3-14(8-10-5-6-10)9(2)4-7-11(15)13-12/h9-10H,3-8,12H2,1-2H3,(H,13,15). The molecular weight excluding hydrogens is 190 g/mol. The monoisotopic (exact) mass is 213 g/mol. The minimum Gasteiger partial charge on any atom is -0.301 e. The van der Waals surface area contributed by atoms with E-state index < -0.39 is 0 Å². The lowest BCUT2D eigenvalue weighted by atomic mass is 10.1. The molecule has 0 aromatic carbocycles. The van der Waals surface area contributed by atoms with Gasteiger partial charge in [0.05, 0.1) is 0 Å². The van der Waals surface area contributed by atoms with Gasteiger partial charge in [0.2, 0.25) is 5.91 Å². The highest BCUT2D eigenvalue weighted by Crippen LogP contribution is 2.30. The molecule has 0 bridgehead atoms. The number of amides is 1. The summed E-state index contributed by atoms with van der Waals surface area (Å²) < 4.78 is 0. The molecule has 0 heterocycles. The maximum absolute atomic E-state index is 11.0. The first kappa shape index (κ1) is 12.5. The highest BCUT2D eigenvalue weighted by molar-refractivity contribution is 5.75. The van der Waals surface area contributed by atoms with Crippen molar-refractivity contribution >= 4 is 5.91 Å². The topological polar surface area (TPSA) is 58.4 Å². The third-order valence-electron chi connectivity index (χ3n) is 3.17. The van der Waals surface area contributed by atoms with Gasteiger partial charge in [-0.15, -0.1) is 0 Å². The van der Waals surface area contributed by atoms with E-state index in [9.17, 15) is 4.79 Å². The van der Waals surface area contributed by atoms with Gasteiger partial charge in [-0.1, -0.05) is 6.92 Å². The smallest absolute Gasteiger partial charge is 0.233 e. The summed E-state index contributed by atoms with van der Waals surface area (Å²) in [6, 6.07) is 0.480. The van der Waals surface area contributed by atoms with Crippen LogP contribution in [0.4, 0.5) is 0 Å². The molecule has 4 nitrogen and oxygen atoms in total. The van der Waals surface area contributed by atoms with Crippen LogP contribution in [0, 0.1) is 5.92 Å². The van der Waals surface area contributed by atoms with Crippen LogP contribution in [-0.4, -0.2) is 29.9 Å². The van der Waals surface area contributed by atoms with Crippen LogP contribution >= 0.6 is 0 Å². The number of carbonyl (C=O) groups is 1. The molecule has 0 saturated heterocycles. The molecule has 0 spiro atoms. The maximum atomic E-state index is 11.0. The SMILES string of the molecule is CCN(CC1CC1)C(C)CCC(=O)NN. The van der Waals surface area contributed by atoms with Crippen molar-refractivity contribution < 1.29 is 4.79 Å². The molecule has 1 fully saturated rings. The molecule has 0 aliphatic heterocycles. The summed E-state index contributed by atoms with van der Waals surface area (Å²) in [6.45, 7) is 6.64. The first-order chi connectivity index (χ1) is 7.17. The Bertz CT molecular complexity index is 204. The van der Waals surface area contributed by atoms with Gasteiger partial charge >= 0.3 is 0 Å². The molecule has 0 radical (unpaired) electrons. The van der Waals surface area contributed by atoms with E-state index in [4.69, 9.17) is 5.84 Å². The highest BCUT2D eigenvalue weighted by atomic mass is 16.2. The van der Waals surface area contributed by atoms with Gasteiger partial charge in [-0.2, -0.15) is 0 Å². The number of carbonyl (C=O) groups excluding carboxylic acids is 1. The molecule has 4 heteroatoms. The summed E-state index contributed by atoms with van der Waals surface area (Å²) in [5.41, 5.74) is 2.17. The number of hydrogen-bond acceptors (Lipinski definition) is 3. The van der Waals surface area contributed by atoms with Gasteiger partial charge in [-0.05, 0) is 38.6 Å². The summed E-state index contributed by atoms with van der Waals surface area (Å²) >= 11 is 0. The van der Waals surface area contributed by atoms with Gasteiger partial charge in [-0.25, -0.2) is 5.84 Å². The average Bonchev–Trinajstić information content (AvgIpc) is 3.05. The molecule has 0 aromatic heterocycles. The largest absolute Gasteiger partial charge is 0.301 e. The van der Waals surface area contributed by atoms with Crippen LogP contribution in [0.3, 0.4) is 0 Å². The fourth-order valence-corrected chi connectivity index (χ4v) is 1.85. The van der Waals surface area contributed by atoms with Crippen molar-refractivity contribution in [2.45, 2.75) is 45.6 Å². The Hall–Kier alpha value is -0.610. The Labute approximate surface area is 92.2 Å². The number of nitrogens with one attached hydrogen (secondary N) is 1. The van der Waals surface area contributed by atoms with E-state index in [1.165, 1.54) is 19.4 Å². The fourth-order valence-electron chi connectivity index (χ4n) is 1.85. The summed E-state index contributed by atoms with van der Waals surface area (Å²) in [6.07, 6.45) is 4.18. The number of hydrazine groups is 1. The molecule has 1 unspecified atom stereocenters. The zero-order chi connectivity index (χ0) is 11.3. The molecule has 1 saturated carbocycles. The highest BCUT2D eigenvalue weighted by Gasteiger charge is 2.25. The van der Waals surface area contributed by atoms with Crippen LogP contribution in [0.1, 0.15) is 39.5 Å². The fraction of sp³-hybridized carbons (Fsp3) is 0.909. The average molecular weight is 213 g/mol. The van der Waals surface area contributed by atoms with Crippen LogP contribution in [0.5, 0.6) is 0 Å². The predicted molar refractivity (Wildman–Crippen MR) is 61.0 cm³/mol. The summed E-state index contributed by atoms with van der Waals surface area (Å²) in [7, 11) is 0. The first-order valence-corrected chi connectivity index (χ1v) is 5.90. The number of nitrogens with two attached hydrogens (primary N) is 1. The van der Waals surface area contributed by atoms with Gasteiger partial charge < -0.3 is 4.90 Å². The van der Waals surface area contributed by atoms with E-state index in [0.29, 0.717) is 12.5 Å². The van der Waals surface area contributed by atoms with Crippen molar-refractivity contribution in [3.05, 3.63) is 0 Å². The number of nitrogens with zero attached hydrogens (tertiary/aromatic N) is 1. The lowest BCUT2D eigenvalue weighted by Gasteiger charge is -2.27. The molecular formula is C11H23N3O. The molecule has 15 heavy (non-hydrogen) atoms. The van der Waals surface area contributed by atoms with Gasteiger partial charge in [0, 0.05) is 19.0 Å². The minimum absolute atomic E-state index is 0.0654. The Balaban J connectivity index is 2.21. The van der Waals surface area contributed by atoms with E-state index in [2.05, 4.69) is 24.2 Å². The predicted octanol–water partition coefficient (Wildman–Crippen LogP) is 0.877. The quantitative estimate of drug-likeness (QED) is 0.375. The minimum atomic E-state index is -0.0654. The summed E-state index contributed by atoms with van der Waals surface area (Å²) in [4.78, 5) is 13.5. The van der Waals surface area contributed by atoms with E-state index in [0.717, 1.165) is 18.9 Å². The molecule has 1 aliphatic rings. The van der Waals surface area contributed by atoms with Gasteiger partial charge in [0.25, 0.3) is 0 Å². The van der Waals surface area contributed by atoms with Crippen LogP contribution in [0.15, 0.2) is 0 Å². The molecule has 88 valence electrons. The van der Waals surface area contributed by atoms with Crippen molar-refractivity contribution in [3.8, 4) is 0 Å². The van der Waals surface area contributed by atoms with Crippen molar-refractivity contribution in [2.75, 3.05) is 13.1 Å². The Morgan fingerprint density at radius 2 is 2.27 bits per heavy atom. The maximum Gasteiger partial charge on any atom is 0.233 e. The van der Waals surface area contributed by atoms with E-state index in [1.807, 2.05) is 0 Å². The second-order valence-corrected chi connectivity index (χ2v) is 4.49. The molecule has 1 atom stereocenters.